The smallest absolute Gasteiger partial charge is 0.0847 e. The second-order valence-electron chi connectivity index (χ2n) is 4.75. The summed E-state index contributed by atoms with van der Waals surface area (Å²) in [7, 11) is 0. The van der Waals surface area contributed by atoms with Crippen LogP contribution in [0.5, 0.6) is 0 Å². The Kier molecular flexibility index (Phi) is 7.19. The van der Waals surface area contributed by atoms with Crippen LogP contribution in [0.1, 0.15) is 5.56 Å². The standard InChI is InChI=1S/C16H16Cl3NOS/c17-8-13(21)9-20-12-2-4-14(5-3-12)22-10-11-1-6-15(18)16(19)7-11/h1-7,13,20-21H,8-10H2. The zero-order valence-electron chi connectivity index (χ0n) is 11.7. The van der Waals surface area contributed by atoms with E-state index < -0.39 is 6.10 Å². The van der Waals surface area contributed by atoms with Crippen LogP contribution in [-0.4, -0.2) is 23.6 Å². The average Bonchev–Trinajstić information content (AvgIpc) is 2.54. The Morgan fingerprint density at radius 3 is 2.41 bits per heavy atom. The first-order chi connectivity index (χ1) is 10.6. The summed E-state index contributed by atoms with van der Waals surface area (Å²) in [4.78, 5) is 1.16. The molecule has 2 aromatic rings. The van der Waals surface area contributed by atoms with E-state index in [1.165, 1.54) is 0 Å². The monoisotopic (exact) mass is 375 g/mol. The highest BCUT2D eigenvalue weighted by Crippen LogP contribution is 2.28. The maximum Gasteiger partial charge on any atom is 0.0847 e. The number of aliphatic hydroxyl groups is 1. The van der Waals surface area contributed by atoms with Gasteiger partial charge in [0.05, 0.1) is 22.0 Å². The summed E-state index contributed by atoms with van der Waals surface area (Å²) in [6, 6.07) is 13.7. The van der Waals surface area contributed by atoms with E-state index in [1.807, 2.05) is 42.5 Å². The lowest BCUT2D eigenvalue weighted by Gasteiger charge is -2.10. The molecular weight excluding hydrogens is 361 g/mol. The number of halogens is 3. The van der Waals surface area contributed by atoms with E-state index in [9.17, 15) is 5.11 Å². The lowest BCUT2D eigenvalue weighted by Crippen LogP contribution is -2.20. The molecule has 6 heteroatoms. The van der Waals surface area contributed by atoms with Crippen LogP contribution in [0.3, 0.4) is 0 Å². The number of hydrogen-bond donors (Lipinski definition) is 2. The molecular formula is C16H16Cl3NOS. The fourth-order valence-corrected chi connectivity index (χ4v) is 3.03. The highest BCUT2D eigenvalue weighted by atomic mass is 35.5. The van der Waals surface area contributed by atoms with Gasteiger partial charge in [0.15, 0.2) is 0 Å². The second kappa shape index (κ2) is 8.90. The molecule has 0 spiro atoms. The summed E-state index contributed by atoms with van der Waals surface area (Å²) < 4.78 is 0. The van der Waals surface area contributed by atoms with Crippen molar-refractivity contribution in [2.45, 2.75) is 16.8 Å². The molecule has 0 aliphatic carbocycles. The Bertz CT molecular complexity index is 607. The predicted octanol–water partition coefficient (Wildman–Crippen LogP) is 5.30. The van der Waals surface area contributed by atoms with Crippen molar-refractivity contribution in [3.05, 3.63) is 58.1 Å². The number of alkyl halides is 1. The van der Waals surface area contributed by atoms with Gasteiger partial charge < -0.3 is 10.4 Å². The van der Waals surface area contributed by atoms with Gasteiger partial charge in [-0.05, 0) is 42.0 Å². The quantitative estimate of drug-likeness (QED) is 0.508. The van der Waals surface area contributed by atoms with Crippen molar-refractivity contribution in [1.82, 2.24) is 0 Å². The van der Waals surface area contributed by atoms with Crippen molar-refractivity contribution in [1.29, 1.82) is 0 Å². The number of hydrogen-bond acceptors (Lipinski definition) is 3. The SMILES string of the molecule is OC(CCl)CNc1ccc(SCc2ccc(Cl)c(Cl)c2)cc1. The molecule has 0 bridgehead atoms. The van der Waals surface area contributed by atoms with Gasteiger partial charge in [-0.2, -0.15) is 0 Å². The minimum Gasteiger partial charge on any atom is -0.390 e. The molecule has 0 saturated heterocycles. The number of nitrogens with one attached hydrogen (secondary N) is 1. The van der Waals surface area contributed by atoms with Gasteiger partial charge in [-0.3, -0.25) is 0 Å². The number of anilines is 1. The van der Waals surface area contributed by atoms with Crippen LogP contribution in [-0.2, 0) is 5.75 Å². The molecule has 2 nitrogen and oxygen atoms in total. The molecule has 2 rings (SSSR count). The van der Waals surface area contributed by atoms with E-state index in [4.69, 9.17) is 34.8 Å². The van der Waals surface area contributed by atoms with E-state index in [0.29, 0.717) is 16.6 Å². The summed E-state index contributed by atoms with van der Waals surface area (Å²) >= 11 is 19.2. The third-order valence-electron chi connectivity index (χ3n) is 2.96. The third kappa shape index (κ3) is 5.56. The summed E-state index contributed by atoms with van der Waals surface area (Å²) in [5.74, 6) is 1.05. The van der Waals surface area contributed by atoms with Crippen LogP contribution < -0.4 is 5.32 Å². The van der Waals surface area contributed by atoms with Crippen molar-refractivity contribution in [3.8, 4) is 0 Å². The predicted molar refractivity (Wildman–Crippen MR) is 97.7 cm³/mol. The van der Waals surface area contributed by atoms with Crippen LogP contribution >= 0.6 is 46.6 Å². The molecule has 22 heavy (non-hydrogen) atoms. The minimum atomic E-state index is -0.537. The molecule has 118 valence electrons. The summed E-state index contributed by atoms with van der Waals surface area (Å²) in [6.45, 7) is 0.444. The van der Waals surface area contributed by atoms with Gasteiger partial charge in [0, 0.05) is 22.9 Å². The van der Waals surface area contributed by atoms with E-state index in [1.54, 1.807) is 11.8 Å². The average molecular weight is 377 g/mol. The Balaban J connectivity index is 1.87. The Labute approximate surface area is 149 Å². The molecule has 0 radical (unpaired) electrons. The molecule has 0 aliphatic rings. The van der Waals surface area contributed by atoms with Gasteiger partial charge in [0.1, 0.15) is 0 Å². The summed E-state index contributed by atoms with van der Waals surface area (Å²) in [5, 5.41) is 13.7. The lowest BCUT2D eigenvalue weighted by molar-refractivity contribution is 0.211. The molecule has 0 aliphatic heterocycles. The first kappa shape index (κ1) is 17.8. The van der Waals surface area contributed by atoms with E-state index >= 15 is 0 Å². The summed E-state index contributed by atoms with van der Waals surface area (Å²) in [5.41, 5.74) is 2.09. The number of thioether (sulfide) groups is 1. The second-order valence-corrected chi connectivity index (χ2v) is 6.92. The fourth-order valence-electron chi connectivity index (χ4n) is 1.76. The number of rotatable bonds is 7. The molecule has 1 unspecified atom stereocenters. The molecule has 0 aromatic heterocycles. The van der Waals surface area contributed by atoms with Gasteiger partial charge >= 0.3 is 0 Å². The largest absolute Gasteiger partial charge is 0.390 e. The topological polar surface area (TPSA) is 32.3 Å². The van der Waals surface area contributed by atoms with Gasteiger partial charge in [-0.25, -0.2) is 0 Å². The van der Waals surface area contributed by atoms with Gasteiger partial charge in [-0.15, -0.1) is 23.4 Å². The molecule has 2 N–H and O–H groups in total. The van der Waals surface area contributed by atoms with Crippen LogP contribution in [0.15, 0.2) is 47.4 Å². The first-order valence-corrected chi connectivity index (χ1v) is 9.01. The van der Waals surface area contributed by atoms with Crippen LogP contribution in [0.2, 0.25) is 10.0 Å². The van der Waals surface area contributed by atoms with Gasteiger partial charge in [-0.1, -0.05) is 29.3 Å². The Morgan fingerprint density at radius 1 is 1.05 bits per heavy atom. The fraction of sp³-hybridized carbons (Fsp3) is 0.250. The third-order valence-corrected chi connectivity index (χ3v) is 5.14. The zero-order valence-corrected chi connectivity index (χ0v) is 14.8. The van der Waals surface area contributed by atoms with E-state index in [-0.39, 0.29) is 5.88 Å². The maximum absolute atomic E-state index is 9.41. The molecule has 0 saturated carbocycles. The van der Waals surface area contributed by atoms with Crippen molar-refractivity contribution < 1.29 is 5.11 Å². The minimum absolute atomic E-state index is 0.227. The Hall–Kier alpha value is -0.580. The van der Waals surface area contributed by atoms with Crippen molar-refractivity contribution in [2.24, 2.45) is 0 Å². The molecule has 0 amide bonds. The van der Waals surface area contributed by atoms with Crippen LogP contribution in [0, 0.1) is 0 Å². The molecule has 0 fully saturated rings. The van der Waals surface area contributed by atoms with Crippen molar-refractivity contribution in [3.63, 3.8) is 0 Å². The highest BCUT2D eigenvalue weighted by molar-refractivity contribution is 7.98. The lowest BCUT2D eigenvalue weighted by atomic mass is 10.2. The molecule has 2 aromatic carbocycles. The highest BCUT2D eigenvalue weighted by Gasteiger charge is 2.03. The molecule has 0 heterocycles. The van der Waals surface area contributed by atoms with Crippen molar-refractivity contribution >= 4 is 52.3 Å². The van der Waals surface area contributed by atoms with E-state index in [0.717, 1.165) is 21.9 Å². The van der Waals surface area contributed by atoms with E-state index in [2.05, 4.69) is 5.32 Å². The number of benzene rings is 2. The van der Waals surface area contributed by atoms with Gasteiger partial charge in [0.25, 0.3) is 0 Å². The van der Waals surface area contributed by atoms with Crippen molar-refractivity contribution in [2.75, 3.05) is 17.7 Å². The maximum atomic E-state index is 9.41. The van der Waals surface area contributed by atoms with Crippen LogP contribution in [0.4, 0.5) is 5.69 Å². The van der Waals surface area contributed by atoms with Crippen LogP contribution in [0.25, 0.3) is 0 Å². The summed E-state index contributed by atoms with van der Waals surface area (Å²) in [6.07, 6.45) is -0.537. The Morgan fingerprint density at radius 2 is 1.77 bits per heavy atom. The zero-order chi connectivity index (χ0) is 15.9. The normalized spacial score (nSPS) is 12.2. The first-order valence-electron chi connectivity index (χ1n) is 6.73. The van der Waals surface area contributed by atoms with Gasteiger partial charge in [0.2, 0.25) is 0 Å². The number of aliphatic hydroxyl groups excluding tert-OH is 1. The molecule has 1 atom stereocenters.